The van der Waals surface area contributed by atoms with E-state index in [4.69, 9.17) is 4.74 Å². The quantitative estimate of drug-likeness (QED) is 0.151. The second-order valence-electron chi connectivity index (χ2n) is 8.38. The van der Waals surface area contributed by atoms with Crippen LogP contribution in [0.25, 0.3) is 0 Å². The maximum absolute atomic E-state index is 13.1. The molecule has 0 saturated carbocycles. The molecule has 0 aliphatic heterocycles. The van der Waals surface area contributed by atoms with Gasteiger partial charge in [0.25, 0.3) is 0 Å². The van der Waals surface area contributed by atoms with Crippen LogP contribution in [0.4, 0.5) is 0 Å². The number of rotatable bonds is 18. The lowest BCUT2D eigenvalue weighted by atomic mass is 9.81. The van der Waals surface area contributed by atoms with E-state index in [1.165, 1.54) is 77.0 Å². The molecule has 0 aliphatic rings. The van der Waals surface area contributed by atoms with Crippen molar-refractivity contribution in [3.05, 3.63) is 0 Å². The minimum Gasteiger partial charge on any atom is -0.466 e. The molecule has 0 saturated heterocycles. The monoisotopic (exact) mass is 384 g/mol. The molecule has 0 N–H and O–H groups in total. The number of carbonyl (C=O) groups excluding carboxylic acids is 1. The van der Waals surface area contributed by atoms with Gasteiger partial charge in [-0.25, -0.2) is 0 Å². The Morgan fingerprint density at radius 1 is 0.808 bits per heavy atom. The van der Waals surface area contributed by atoms with Gasteiger partial charge in [-0.05, 0) is 25.2 Å². The van der Waals surface area contributed by atoms with Gasteiger partial charge in [-0.15, -0.1) is 0 Å². The van der Waals surface area contributed by atoms with Crippen molar-refractivity contribution in [3.63, 3.8) is 0 Å². The zero-order valence-corrected chi connectivity index (χ0v) is 20.7. The molecule has 0 aromatic heterocycles. The Kier molecular flexibility index (Phi) is 16.6. The molecule has 0 bridgehead atoms. The molecule has 156 valence electrons. The van der Waals surface area contributed by atoms with Crippen molar-refractivity contribution in [2.75, 3.05) is 6.61 Å². The van der Waals surface area contributed by atoms with E-state index in [1.807, 2.05) is 0 Å². The lowest BCUT2D eigenvalue weighted by Gasteiger charge is -2.36. The highest BCUT2D eigenvalue weighted by Crippen LogP contribution is 2.44. The molecule has 0 radical (unpaired) electrons. The number of unbranched alkanes of at least 4 members (excludes halogenated alkanes) is 9. The van der Waals surface area contributed by atoms with E-state index in [1.54, 1.807) is 0 Å². The fraction of sp³-hybridized carbons (Fsp3) is 0.957. The van der Waals surface area contributed by atoms with Gasteiger partial charge in [0.2, 0.25) is 0 Å². The number of ether oxygens (including phenoxy) is 1. The summed E-state index contributed by atoms with van der Waals surface area (Å²) in [6.45, 7) is 9.64. The van der Waals surface area contributed by atoms with E-state index in [0.717, 1.165) is 29.5 Å². The molecular formula is C23H48O2Si. The maximum Gasteiger partial charge on any atom is 0.308 e. The van der Waals surface area contributed by atoms with E-state index < -0.39 is 0 Å². The molecule has 2 atom stereocenters. The fourth-order valence-electron chi connectivity index (χ4n) is 4.04. The van der Waals surface area contributed by atoms with E-state index in [9.17, 15) is 4.79 Å². The van der Waals surface area contributed by atoms with Gasteiger partial charge in [-0.2, -0.15) is 0 Å². The molecule has 0 fully saturated rings. The summed E-state index contributed by atoms with van der Waals surface area (Å²) in [4.78, 5) is 13.1. The number of carbonyl (C=O) groups is 1. The maximum atomic E-state index is 13.1. The van der Waals surface area contributed by atoms with E-state index in [-0.39, 0.29) is 11.0 Å². The van der Waals surface area contributed by atoms with Gasteiger partial charge in [0, 0.05) is 10.2 Å². The van der Waals surface area contributed by atoms with Crippen molar-refractivity contribution >= 4 is 16.2 Å². The summed E-state index contributed by atoms with van der Waals surface area (Å²) in [5.74, 6) is 0.662. The highest BCUT2D eigenvalue weighted by Gasteiger charge is 2.40. The zero-order chi connectivity index (χ0) is 19.7. The third-order valence-corrected chi connectivity index (χ3v) is 7.77. The molecule has 0 aromatic rings. The third kappa shape index (κ3) is 10.7. The summed E-state index contributed by atoms with van der Waals surface area (Å²) >= 11 is 0. The Hall–Kier alpha value is -0.313. The summed E-state index contributed by atoms with van der Waals surface area (Å²) in [6.07, 6.45) is 18.2. The molecule has 0 heterocycles. The first-order valence-corrected chi connectivity index (χ1v) is 12.7. The Morgan fingerprint density at radius 3 is 1.88 bits per heavy atom. The van der Waals surface area contributed by atoms with Crippen LogP contribution in [0.2, 0.25) is 5.04 Å². The largest absolute Gasteiger partial charge is 0.466 e. The second kappa shape index (κ2) is 16.8. The Bertz CT molecular complexity index is 332. The van der Waals surface area contributed by atoms with Crippen molar-refractivity contribution in [2.45, 2.75) is 129 Å². The van der Waals surface area contributed by atoms with Crippen LogP contribution in [-0.2, 0) is 9.53 Å². The molecule has 3 heteroatoms. The topological polar surface area (TPSA) is 26.3 Å². The van der Waals surface area contributed by atoms with Gasteiger partial charge in [0.1, 0.15) is 0 Å². The van der Waals surface area contributed by atoms with Crippen LogP contribution in [0, 0.1) is 5.92 Å². The molecule has 0 aromatic carbocycles. The number of esters is 1. The van der Waals surface area contributed by atoms with Gasteiger partial charge >= 0.3 is 5.97 Å². The van der Waals surface area contributed by atoms with E-state index in [2.05, 4.69) is 27.7 Å². The van der Waals surface area contributed by atoms with Crippen molar-refractivity contribution in [2.24, 2.45) is 5.92 Å². The molecule has 2 unspecified atom stereocenters. The Morgan fingerprint density at radius 2 is 1.35 bits per heavy atom. The number of hydrogen-bond donors (Lipinski definition) is 0. The zero-order valence-electron chi connectivity index (χ0n) is 18.7. The summed E-state index contributed by atoms with van der Waals surface area (Å²) in [6, 6.07) is 0. The minimum absolute atomic E-state index is 0.138. The minimum atomic E-state index is -0.153. The average Bonchev–Trinajstić information content (AvgIpc) is 2.64. The predicted octanol–water partition coefficient (Wildman–Crippen LogP) is 6.60. The molecule has 0 aliphatic carbocycles. The molecular weight excluding hydrogens is 336 g/mol. The Balaban J connectivity index is 4.74. The first-order valence-electron chi connectivity index (χ1n) is 11.7. The van der Waals surface area contributed by atoms with Crippen LogP contribution in [0.15, 0.2) is 0 Å². The molecule has 2 nitrogen and oxygen atoms in total. The molecule has 0 spiro atoms. The lowest BCUT2D eigenvalue weighted by molar-refractivity contribution is -0.150. The molecule has 0 amide bonds. The van der Waals surface area contributed by atoms with E-state index in [0.29, 0.717) is 12.5 Å². The van der Waals surface area contributed by atoms with Crippen LogP contribution in [0.3, 0.4) is 0 Å². The summed E-state index contributed by atoms with van der Waals surface area (Å²) < 4.78 is 5.82. The average molecular weight is 385 g/mol. The van der Waals surface area contributed by atoms with Gasteiger partial charge in [-0.3, -0.25) is 4.79 Å². The van der Waals surface area contributed by atoms with Crippen molar-refractivity contribution < 1.29 is 9.53 Å². The fourth-order valence-corrected chi connectivity index (χ4v) is 5.24. The smallest absolute Gasteiger partial charge is 0.308 e. The third-order valence-electron chi connectivity index (χ3n) is 6.05. The van der Waals surface area contributed by atoms with Crippen molar-refractivity contribution in [3.8, 4) is 0 Å². The normalized spacial score (nSPS) is 14.9. The highest BCUT2D eigenvalue weighted by molar-refractivity contribution is 6.27. The highest BCUT2D eigenvalue weighted by atomic mass is 28.1. The summed E-state index contributed by atoms with van der Waals surface area (Å²) in [7, 11) is 0.928. The van der Waals surface area contributed by atoms with Crippen LogP contribution < -0.4 is 0 Å². The standard InChI is InChI=1S/C23H48O2Si/c1-5-9-12-15-18-21(8-4)23(26,19-16-13-10-6-2)22(24)25-20-17-14-11-7-3/h21H,5-20H2,1-4,26H3. The van der Waals surface area contributed by atoms with Gasteiger partial charge in [0.05, 0.1) is 11.6 Å². The first-order chi connectivity index (χ1) is 12.6. The first kappa shape index (κ1) is 25.7. The summed E-state index contributed by atoms with van der Waals surface area (Å²) in [5, 5.41) is -0.153. The second-order valence-corrected chi connectivity index (χ2v) is 10.2. The van der Waals surface area contributed by atoms with Crippen LogP contribution in [0.5, 0.6) is 0 Å². The van der Waals surface area contributed by atoms with Crippen LogP contribution >= 0.6 is 0 Å². The molecule has 0 rings (SSSR count). The van der Waals surface area contributed by atoms with Crippen LogP contribution in [-0.4, -0.2) is 22.8 Å². The van der Waals surface area contributed by atoms with E-state index >= 15 is 0 Å². The number of hydrogen-bond acceptors (Lipinski definition) is 2. The summed E-state index contributed by atoms with van der Waals surface area (Å²) in [5.41, 5.74) is 0. The van der Waals surface area contributed by atoms with Crippen LogP contribution in [0.1, 0.15) is 124 Å². The SMILES string of the molecule is CCCCCCOC(=O)C([SiH3])(CCCCCC)C(CC)CCCCCC. The van der Waals surface area contributed by atoms with Gasteiger partial charge in [-0.1, -0.05) is 105 Å². The van der Waals surface area contributed by atoms with Crippen molar-refractivity contribution in [1.82, 2.24) is 0 Å². The van der Waals surface area contributed by atoms with Gasteiger partial charge in [0.15, 0.2) is 0 Å². The Labute approximate surface area is 167 Å². The molecule has 26 heavy (non-hydrogen) atoms. The van der Waals surface area contributed by atoms with Crippen molar-refractivity contribution in [1.29, 1.82) is 0 Å². The lowest BCUT2D eigenvalue weighted by Crippen LogP contribution is -2.34. The van der Waals surface area contributed by atoms with Gasteiger partial charge < -0.3 is 4.74 Å². The predicted molar refractivity (Wildman–Crippen MR) is 119 cm³/mol.